The van der Waals surface area contributed by atoms with Crippen molar-refractivity contribution in [1.82, 2.24) is 24.6 Å². The highest BCUT2D eigenvalue weighted by Gasteiger charge is 2.26. The van der Waals surface area contributed by atoms with Crippen LogP contribution >= 0.6 is 0 Å². The first-order chi connectivity index (χ1) is 17.9. The van der Waals surface area contributed by atoms with Crippen LogP contribution in [0.25, 0.3) is 28.0 Å². The van der Waals surface area contributed by atoms with Gasteiger partial charge in [-0.05, 0) is 50.2 Å². The molecule has 1 aliphatic heterocycles. The van der Waals surface area contributed by atoms with Crippen molar-refractivity contribution < 1.29 is 9.90 Å². The maximum Gasteiger partial charge on any atom is 0.404 e. The van der Waals surface area contributed by atoms with Gasteiger partial charge in [0.15, 0.2) is 0 Å². The van der Waals surface area contributed by atoms with Crippen LogP contribution in [0.5, 0.6) is 0 Å². The predicted molar refractivity (Wildman–Crippen MR) is 142 cm³/mol. The molecule has 0 aliphatic carbocycles. The molecule has 0 radical (unpaired) electrons. The zero-order valence-corrected chi connectivity index (χ0v) is 20.9. The summed E-state index contributed by atoms with van der Waals surface area (Å²) in [5.41, 5.74) is 5.77. The van der Waals surface area contributed by atoms with Gasteiger partial charge in [0.1, 0.15) is 5.65 Å². The predicted octanol–water partition coefficient (Wildman–Crippen LogP) is 4.23. The first kappa shape index (κ1) is 24.3. The van der Waals surface area contributed by atoms with E-state index in [-0.39, 0.29) is 6.54 Å². The van der Waals surface area contributed by atoms with Crippen molar-refractivity contribution in [3.05, 3.63) is 72.1 Å². The molecule has 0 atom stereocenters. The average Bonchev–Trinajstić information content (AvgIpc) is 3.41. The summed E-state index contributed by atoms with van der Waals surface area (Å²) in [4.78, 5) is 25.5. The molecule has 1 aliphatic rings. The highest BCUT2D eigenvalue weighted by Crippen LogP contribution is 2.37. The molecule has 188 valence electrons. The van der Waals surface area contributed by atoms with Crippen LogP contribution in [0.15, 0.2) is 60.9 Å². The summed E-state index contributed by atoms with van der Waals surface area (Å²) < 4.78 is 2.05. The van der Waals surface area contributed by atoms with Crippen molar-refractivity contribution >= 4 is 17.7 Å². The van der Waals surface area contributed by atoms with Crippen LogP contribution < -0.4 is 10.2 Å². The maximum atomic E-state index is 10.9. The number of rotatable bonds is 6. The standard InChI is InChI=1S/C28H29N7O2/c1-33(2)23-11-14-34(15-12-23)27-32-25(22-9-3-19(17-29)4-10-22)24(26-30-13-16-35(26)27)21-7-5-20(6-8-21)18-31-28(36)37/h3-10,13,16,23,31H,11-12,14-15,18H2,1-2H3,(H,36,37). The molecular formula is C28H29N7O2. The van der Waals surface area contributed by atoms with Crippen LogP contribution in [-0.2, 0) is 6.54 Å². The van der Waals surface area contributed by atoms with Gasteiger partial charge in [0.05, 0.1) is 22.9 Å². The molecule has 1 amide bonds. The first-order valence-corrected chi connectivity index (χ1v) is 12.3. The van der Waals surface area contributed by atoms with Gasteiger partial charge in [-0.2, -0.15) is 5.26 Å². The topological polar surface area (TPSA) is 110 Å². The third kappa shape index (κ3) is 4.97. The van der Waals surface area contributed by atoms with Crippen LogP contribution in [0.4, 0.5) is 10.7 Å². The fourth-order valence-corrected chi connectivity index (χ4v) is 4.92. The van der Waals surface area contributed by atoms with E-state index in [1.165, 1.54) is 0 Å². The molecule has 1 saturated heterocycles. The average molecular weight is 496 g/mol. The molecule has 0 bridgehead atoms. The molecule has 37 heavy (non-hydrogen) atoms. The van der Waals surface area contributed by atoms with Crippen LogP contribution in [0, 0.1) is 11.3 Å². The fraction of sp³-hybridized carbons (Fsp3) is 0.286. The monoisotopic (exact) mass is 495 g/mol. The van der Waals surface area contributed by atoms with Crippen molar-refractivity contribution in [2.45, 2.75) is 25.4 Å². The number of hydrogen-bond donors (Lipinski definition) is 2. The van der Waals surface area contributed by atoms with E-state index >= 15 is 0 Å². The van der Waals surface area contributed by atoms with Crippen molar-refractivity contribution in [2.24, 2.45) is 0 Å². The quantitative estimate of drug-likeness (QED) is 0.412. The number of aromatic nitrogens is 3. The van der Waals surface area contributed by atoms with Gasteiger partial charge >= 0.3 is 6.09 Å². The lowest BCUT2D eigenvalue weighted by molar-refractivity contribution is 0.194. The fourth-order valence-electron chi connectivity index (χ4n) is 4.92. The lowest BCUT2D eigenvalue weighted by Crippen LogP contribution is -2.43. The molecule has 0 spiro atoms. The Morgan fingerprint density at radius 2 is 1.78 bits per heavy atom. The minimum Gasteiger partial charge on any atom is -0.465 e. The van der Waals surface area contributed by atoms with Gasteiger partial charge in [0.25, 0.3) is 0 Å². The van der Waals surface area contributed by atoms with E-state index in [0.29, 0.717) is 11.6 Å². The zero-order chi connectivity index (χ0) is 25.9. The summed E-state index contributed by atoms with van der Waals surface area (Å²) >= 11 is 0. The second kappa shape index (κ2) is 10.3. The van der Waals surface area contributed by atoms with Crippen LogP contribution in [-0.4, -0.2) is 63.7 Å². The lowest BCUT2D eigenvalue weighted by Gasteiger charge is -2.36. The Kier molecular flexibility index (Phi) is 6.75. The zero-order valence-electron chi connectivity index (χ0n) is 20.9. The second-order valence-electron chi connectivity index (χ2n) is 9.48. The van der Waals surface area contributed by atoms with Gasteiger partial charge in [-0.3, -0.25) is 4.40 Å². The molecular weight excluding hydrogens is 466 g/mol. The normalized spacial score (nSPS) is 14.2. The number of nitrogens with zero attached hydrogens (tertiary/aromatic N) is 6. The number of carboxylic acid groups (broad SMARTS) is 1. The van der Waals surface area contributed by atoms with E-state index in [1.54, 1.807) is 18.3 Å². The highest BCUT2D eigenvalue weighted by atomic mass is 16.4. The summed E-state index contributed by atoms with van der Waals surface area (Å²) in [6.45, 7) is 2.04. The molecule has 2 N–H and O–H groups in total. The number of piperidine rings is 1. The molecule has 9 heteroatoms. The smallest absolute Gasteiger partial charge is 0.404 e. The van der Waals surface area contributed by atoms with Crippen LogP contribution in [0.2, 0.25) is 0 Å². The number of amides is 1. The molecule has 5 rings (SSSR count). The van der Waals surface area contributed by atoms with Gasteiger partial charge in [-0.25, -0.2) is 14.8 Å². The van der Waals surface area contributed by atoms with E-state index in [9.17, 15) is 10.1 Å². The highest BCUT2D eigenvalue weighted by molar-refractivity contribution is 5.91. The van der Waals surface area contributed by atoms with E-state index in [2.05, 4.69) is 39.7 Å². The van der Waals surface area contributed by atoms with Crippen LogP contribution in [0.1, 0.15) is 24.0 Å². The second-order valence-corrected chi connectivity index (χ2v) is 9.48. The number of benzene rings is 2. The third-order valence-corrected chi connectivity index (χ3v) is 6.98. The van der Waals surface area contributed by atoms with Gasteiger partial charge in [-0.1, -0.05) is 36.4 Å². The minimum atomic E-state index is -1.05. The van der Waals surface area contributed by atoms with Crippen LogP contribution in [0.3, 0.4) is 0 Å². The Labute approximate surface area is 215 Å². The Bertz CT molecular complexity index is 1450. The Morgan fingerprint density at radius 3 is 2.41 bits per heavy atom. The lowest BCUT2D eigenvalue weighted by atomic mass is 9.98. The van der Waals surface area contributed by atoms with E-state index < -0.39 is 6.09 Å². The number of hydrogen-bond acceptors (Lipinski definition) is 6. The van der Waals surface area contributed by atoms with Gasteiger partial charge in [0, 0.05) is 43.6 Å². The largest absolute Gasteiger partial charge is 0.465 e. The number of carbonyl (C=O) groups is 1. The van der Waals surface area contributed by atoms with Gasteiger partial charge in [-0.15, -0.1) is 0 Å². The summed E-state index contributed by atoms with van der Waals surface area (Å²) in [6, 6.07) is 18.0. The molecule has 3 heterocycles. The van der Waals surface area contributed by atoms with Gasteiger partial charge in [0.2, 0.25) is 5.95 Å². The molecule has 1 fully saturated rings. The van der Waals surface area contributed by atoms with Gasteiger partial charge < -0.3 is 20.2 Å². The number of nitrogens with one attached hydrogen (secondary N) is 1. The number of nitriles is 1. The number of imidazole rings is 1. The van der Waals surface area contributed by atoms with Crippen molar-refractivity contribution in [1.29, 1.82) is 5.26 Å². The molecule has 9 nitrogen and oxygen atoms in total. The first-order valence-electron chi connectivity index (χ1n) is 12.3. The van der Waals surface area contributed by atoms with Crippen molar-refractivity contribution in [3.8, 4) is 28.5 Å². The molecule has 2 aromatic carbocycles. The Balaban J connectivity index is 1.62. The summed E-state index contributed by atoms with van der Waals surface area (Å²) in [5.74, 6) is 0.857. The summed E-state index contributed by atoms with van der Waals surface area (Å²) in [7, 11) is 4.26. The Hall–Kier alpha value is -4.42. The maximum absolute atomic E-state index is 10.9. The molecule has 4 aromatic rings. The number of anilines is 1. The van der Waals surface area contributed by atoms with Crippen molar-refractivity contribution in [3.63, 3.8) is 0 Å². The van der Waals surface area contributed by atoms with E-state index in [4.69, 9.17) is 15.1 Å². The molecule has 0 unspecified atom stereocenters. The summed E-state index contributed by atoms with van der Waals surface area (Å²) in [5, 5.41) is 20.6. The minimum absolute atomic E-state index is 0.233. The third-order valence-electron chi connectivity index (χ3n) is 6.98. The van der Waals surface area contributed by atoms with E-state index in [0.717, 1.165) is 65.5 Å². The molecule has 0 saturated carbocycles. The van der Waals surface area contributed by atoms with Crippen molar-refractivity contribution in [2.75, 3.05) is 32.1 Å². The van der Waals surface area contributed by atoms with E-state index in [1.807, 2.05) is 42.6 Å². The summed E-state index contributed by atoms with van der Waals surface area (Å²) in [6.07, 6.45) is 4.81. The Morgan fingerprint density at radius 1 is 1.11 bits per heavy atom. The molecule has 2 aromatic heterocycles. The number of fused-ring (bicyclic) bond motifs is 1. The SMILES string of the molecule is CN(C)C1CCN(c2nc(-c3ccc(C#N)cc3)c(-c3ccc(CNC(=O)O)cc3)c3nccn23)CC1.